The van der Waals surface area contributed by atoms with E-state index in [9.17, 15) is 0 Å². The molecule has 0 spiro atoms. The van der Waals surface area contributed by atoms with E-state index < -0.39 is 0 Å². The lowest BCUT2D eigenvalue weighted by Crippen LogP contribution is -1.90. The molecule has 0 aliphatic rings. The largest absolute Gasteiger partial charge is 0.453 e. The Labute approximate surface area is 120 Å². The zero-order valence-corrected chi connectivity index (χ0v) is 11.0. The molecule has 3 aromatic rings. The van der Waals surface area contributed by atoms with Crippen LogP contribution in [0.15, 0.2) is 48.8 Å². The highest BCUT2D eigenvalue weighted by molar-refractivity contribution is 6.29. The van der Waals surface area contributed by atoms with Crippen LogP contribution in [-0.4, -0.2) is 9.97 Å². The highest BCUT2D eigenvalue weighted by Gasteiger charge is 2.08. The second-order valence-electron chi connectivity index (χ2n) is 4.04. The summed E-state index contributed by atoms with van der Waals surface area (Å²) in [6.45, 7) is 0. The number of aromatic nitrogens is 2. The van der Waals surface area contributed by atoms with Crippen LogP contribution in [0.5, 0.6) is 11.5 Å². The first-order chi connectivity index (χ1) is 9.78. The van der Waals surface area contributed by atoms with Gasteiger partial charge in [0, 0.05) is 11.6 Å². The molecule has 4 nitrogen and oxygen atoms in total. The molecule has 3 rings (SSSR count). The van der Waals surface area contributed by atoms with Crippen LogP contribution in [0.1, 0.15) is 5.56 Å². The first-order valence-electron chi connectivity index (χ1n) is 5.85. The lowest BCUT2D eigenvalue weighted by molar-refractivity contribution is 0.485. The third-order valence-corrected chi connectivity index (χ3v) is 3.00. The maximum atomic E-state index is 9.10. The average molecular weight is 282 g/mol. The van der Waals surface area contributed by atoms with Gasteiger partial charge >= 0.3 is 0 Å². The Morgan fingerprint density at radius 2 is 2.00 bits per heavy atom. The molecule has 1 aromatic carbocycles. The summed E-state index contributed by atoms with van der Waals surface area (Å²) in [6, 6.07) is 12.6. The van der Waals surface area contributed by atoms with Crippen LogP contribution in [0.3, 0.4) is 0 Å². The van der Waals surface area contributed by atoms with Crippen LogP contribution in [0.4, 0.5) is 0 Å². The molecule has 96 valence electrons. The van der Waals surface area contributed by atoms with Crippen molar-refractivity contribution in [3.63, 3.8) is 0 Å². The van der Waals surface area contributed by atoms with Gasteiger partial charge in [-0.15, -0.1) is 0 Å². The lowest BCUT2D eigenvalue weighted by Gasteiger charge is -2.08. The van der Waals surface area contributed by atoms with Crippen molar-refractivity contribution in [2.75, 3.05) is 0 Å². The van der Waals surface area contributed by atoms with Crippen LogP contribution < -0.4 is 4.74 Å². The standard InChI is InChI=1S/C15H8ClN3O/c16-14-6-4-11(9-19-14)20-13-5-3-10(8-17)12-2-1-7-18-15(12)13/h1-7,9H. The Morgan fingerprint density at radius 3 is 2.75 bits per heavy atom. The van der Waals surface area contributed by atoms with E-state index >= 15 is 0 Å². The number of rotatable bonds is 2. The maximum absolute atomic E-state index is 9.10. The predicted octanol–water partition coefficient (Wildman–Crippen LogP) is 3.95. The van der Waals surface area contributed by atoms with Crippen molar-refractivity contribution in [3.8, 4) is 17.6 Å². The molecule has 0 atom stereocenters. The van der Waals surface area contributed by atoms with E-state index in [1.54, 1.807) is 36.5 Å². The summed E-state index contributed by atoms with van der Waals surface area (Å²) in [4.78, 5) is 8.24. The van der Waals surface area contributed by atoms with Gasteiger partial charge in [-0.1, -0.05) is 11.6 Å². The van der Waals surface area contributed by atoms with Crippen LogP contribution >= 0.6 is 11.6 Å². The van der Waals surface area contributed by atoms with Crippen molar-refractivity contribution in [2.24, 2.45) is 0 Å². The second kappa shape index (κ2) is 5.16. The van der Waals surface area contributed by atoms with E-state index in [4.69, 9.17) is 21.6 Å². The summed E-state index contributed by atoms with van der Waals surface area (Å²) in [6.07, 6.45) is 3.20. The Hall–Kier alpha value is -2.64. The number of benzene rings is 1. The minimum Gasteiger partial charge on any atom is -0.453 e. The summed E-state index contributed by atoms with van der Waals surface area (Å²) in [5, 5.41) is 10.3. The van der Waals surface area contributed by atoms with Gasteiger partial charge < -0.3 is 4.74 Å². The number of halogens is 1. The van der Waals surface area contributed by atoms with E-state index in [2.05, 4.69) is 16.0 Å². The van der Waals surface area contributed by atoms with Gasteiger partial charge in [0.15, 0.2) is 5.75 Å². The molecule has 0 bridgehead atoms. The van der Waals surface area contributed by atoms with Crippen molar-refractivity contribution >= 4 is 22.5 Å². The zero-order chi connectivity index (χ0) is 13.9. The maximum Gasteiger partial charge on any atom is 0.153 e. The van der Waals surface area contributed by atoms with Gasteiger partial charge in [0.2, 0.25) is 0 Å². The zero-order valence-electron chi connectivity index (χ0n) is 10.2. The Morgan fingerprint density at radius 1 is 1.10 bits per heavy atom. The highest BCUT2D eigenvalue weighted by atomic mass is 35.5. The molecule has 0 saturated carbocycles. The van der Waals surface area contributed by atoms with Crippen LogP contribution in [0, 0.1) is 11.3 Å². The van der Waals surface area contributed by atoms with Crippen LogP contribution in [0.2, 0.25) is 5.15 Å². The Balaban J connectivity index is 2.09. The third kappa shape index (κ3) is 2.27. The molecule has 0 saturated heterocycles. The van der Waals surface area contributed by atoms with Crippen LogP contribution in [-0.2, 0) is 0 Å². The molecule has 2 aromatic heterocycles. The number of hydrogen-bond donors (Lipinski definition) is 0. The Bertz CT molecular complexity index is 809. The third-order valence-electron chi connectivity index (χ3n) is 2.78. The highest BCUT2D eigenvalue weighted by Crippen LogP contribution is 2.30. The van der Waals surface area contributed by atoms with E-state index in [1.807, 2.05) is 6.07 Å². The molecule has 2 heterocycles. The van der Waals surface area contributed by atoms with Crippen LogP contribution in [0.25, 0.3) is 10.9 Å². The molecular weight excluding hydrogens is 274 g/mol. The lowest BCUT2D eigenvalue weighted by atomic mass is 10.1. The first-order valence-corrected chi connectivity index (χ1v) is 6.23. The summed E-state index contributed by atoms with van der Waals surface area (Å²) < 4.78 is 5.75. The minimum absolute atomic E-state index is 0.403. The molecule has 0 N–H and O–H groups in total. The Kier molecular flexibility index (Phi) is 3.20. The number of nitriles is 1. The van der Waals surface area contributed by atoms with Crippen molar-refractivity contribution in [1.29, 1.82) is 5.26 Å². The number of pyridine rings is 2. The van der Waals surface area contributed by atoms with Crippen molar-refractivity contribution in [2.45, 2.75) is 0 Å². The van der Waals surface area contributed by atoms with Gasteiger partial charge in [-0.3, -0.25) is 4.98 Å². The molecule has 0 fully saturated rings. The van der Waals surface area contributed by atoms with Gasteiger partial charge in [0.1, 0.15) is 16.4 Å². The number of fused-ring (bicyclic) bond motifs is 1. The predicted molar refractivity (Wildman–Crippen MR) is 75.8 cm³/mol. The smallest absolute Gasteiger partial charge is 0.153 e. The molecule has 0 amide bonds. The van der Waals surface area contributed by atoms with E-state index in [1.165, 1.54) is 6.20 Å². The molecule has 20 heavy (non-hydrogen) atoms. The molecule has 0 aliphatic heterocycles. The normalized spacial score (nSPS) is 10.2. The second-order valence-corrected chi connectivity index (χ2v) is 4.43. The summed E-state index contributed by atoms with van der Waals surface area (Å²) >= 11 is 5.73. The average Bonchev–Trinajstić information content (AvgIpc) is 2.50. The fourth-order valence-electron chi connectivity index (χ4n) is 1.88. The van der Waals surface area contributed by atoms with Crippen molar-refractivity contribution < 1.29 is 4.74 Å². The van der Waals surface area contributed by atoms with Gasteiger partial charge in [-0.2, -0.15) is 5.26 Å². The quantitative estimate of drug-likeness (QED) is 0.667. The van der Waals surface area contributed by atoms with Crippen molar-refractivity contribution in [1.82, 2.24) is 9.97 Å². The topological polar surface area (TPSA) is 58.8 Å². The minimum atomic E-state index is 0.403. The number of nitrogens with zero attached hydrogens (tertiary/aromatic N) is 3. The van der Waals surface area contributed by atoms with Crippen molar-refractivity contribution in [3.05, 3.63) is 59.5 Å². The molecule has 0 aliphatic carbocycles. The van der Waals surface area contributed by atoms with Gasteiger partial charge in [-0.25, -0.2) is 4.98 Å². The van der Waals surface area contributed by atoms with Gasteiger partial charge in [0.05, 0.1) is 17.8 Å². The fraction of sp³-hybridized carbons (Fsp3) is 0. The van der Waals surface area contributed by atoms with Gasteiger partial charge in [0.25, 0.3) is 0 Å². The van der Waals surface area contributed by atoms with E-state index in [-0.39, 0.29) is 0 Å². The van der Waals surface area contributed by atoms with E-state index in [0.29, 0.717) is 27.7 Å². The van der Waals surface area contributed by atoms with E-state index in [0.717, 1.165) is 5.39 Å². The fourth-order valence-corrected chi connectivity index (χ4v) is 1.99. The summed E-state index contributed by atoms with van der Waals surface area (Å²) in [7, 11) is 0. The summed E-state index contributed by atoms with van der Waals surface area (Å²) in [5.74, 6) is 1.13. The SMILES string of the molecule is N#Cc1ccc(Oc2ccc(Cl)nc2)c2ncccc12. The monoisotopic (exact) mass is 281 g/mol. The molecule has 5 heteroatoms. The molecular formula is C15H8ClN3O. The number of ether oxygens (including phenoxy) is 1. The summed E-state index contributed by atoms with van der Waals surface area (Å²) in [5.41, 5.74) is 1.20. The van der Waals surface area contributed by atoms with Gasteiger partial charge in [-0.05, 0) is 36.4 Å². The first kappa shape index (κ1) is 12.4. The molecule has 0 unspecified atom stereocenters. The number of hydrogen-bond acceptors (Lipinski definition) is 4. The molecule has 0 radical (unpaired) electrons.